The molecule has 3 aromatic rings. The first-order valence-electron chi connectivity index (χ1n) is 12.2. The minimum absolute atomic E-state index is 0.133. The Kier molecular flexibility index (Phi) is 8.80. The zero-order valence-electron chi connectivity index (χ0n) is 21.9. The van der Waals surface area contributed by atoms with Crippen molar-refractivity contribution in [2.24, 2.45) is 0 Å². The Labute approximate surface area is 228 Å². The van der Waals surface area contributed by atoms with E-state index < -0.39 is 55.1 Å². The third kappa shape index (κ3) is 5.97. The first kappa shape index (κ1) is 28.7. The summed E-state index contributed by atoms with van der Waals surface area (Å²) in [7, 11) is 2.51. The van der Waals surface area contributed by atoms with Crippen LogP contribution in [0.3, 0.4) is 0 Å². The van der Waals surface area contributed by atoms with Gasteiger partial charge >= 0.3 is 11.9 Å². The molecule has 212 valence electrons. The van der Waals surface area contributed by atoms with Crippen LogP contribution >= 0.6 is 0 Å². The molecular weight excluding hydrogens is 526 g/mol. The summed E-state index contributed by atoms with van der Waals surface area (Å²) in [6, 6.07) is 10.1. The van der Waals surface area contributed by atoms with E-state index in [0.717, 1.165) is 0 Å². The Morgan fingerprint density at radius 1 is 1.00 bits per heavy atom. The normalized spacial score (nSPS) is 22.3. The largest absolute Gasteiger partial charge is 0.465 e. The number of esters is 2. The first-order valence-corrected chi connectivity index (χ1v) is 12.2. The zero-order chi connectivity index (χ0) is 29.0. The number of benzene rings is 2. The van der Waals surface area contributed by atoms with E-state index in [4.69, 9.17) is 18.9 Å². The second-order valence-electron chi connectivity index (χ2n) is 8.96. The van der Waals surface area contributed by atoms with Crippen molar-refractivity contribution in [2.45, 2.75) is 37.6 Å². The third-order valence-corrected chi connectivity index (χ3v) is 6.32. The maximum Gasteiger partial charge on any atom is 0.341 e. The number of hydrogen-bond donors (Lipinski definition) is 5. The third-order valence-electron chi connectivity index (χ3n) is 6.32. The number of aliphatic hydroxyl groups is 3. The Balaban J connectivity index is 1.63. The lowest BCUT2D eigenvalue weighted by Gasteiger charge is -2.42. The molecule has 0 spiro atoms. The predicted molar refractivity (Wildman–Crippen MR) is 140 cm³/mol. The van der Waals surface area contributed by atoms with Crippen LogP contribution in [-0.2, 0) is 19.0 Å². The van der Waals surface area contributed by atoms with Gasteiger partial charge in [-0.15, -0.1) is 0 Å². The summed E-state index contributed by atoms with van der Waals surface area (Å²) < 4.78 is 21.2. The van der Waals surface area contributed by atoms with Crippen LogP contribution in [0.4, 0.5) is 11.4 Å². The van der Waals surface area contributed by atoms with Crippen molar-refractivity contribution in [2.75, 3.05) is 26.1 Å². The molecule has 0 saturated carbocycles. The fourth-order valence-corrected chi connectivity index (χ4v) is 4.30. The highest BCUT2D eigenvalue weighted by atomic mass is 16.7. The maximum absolute atomic E-state index is 12.5. The number of amides is 1. The van der Waals surface area contributed by atoms with Crippen LogP contribution in [0.25, 0.3) is 10.9 Å². The minimum Gasteiger partial charge on any atom is -0.465 e. The SMILES string of the molecule is COC(=O)c1ccc2ncc(C(=O)OC)c(Nc3ccc(O[C@@H]4O[C@H](CO)[C@H](O)[C@@H](O)[C@H]4NC(C)=O)cc3)c2c1. The van der Waals surface area contributed by atoms with Crippen molar-refractivity contribution in [3.63, 3.8) is 0 Å². The molecule has 40 heavy (non-hydrogen) atoms. The molecule has 5 N–H and O–H groups in total. The molecule has 0 bridgehead atoms. The highest BCUT2D eigenvalue weighted by Gasteiger charge is 2.46. The fraction of sp³-hybridized carbons (Fsp3) is 0.333. The highest BCUT2D eigenvalue weighted by molar-refractivity contribution is 6.07. The van der Waals surface area contributed by atoms with Crippen LogP contribution in [0.1, 0.15) is 27.6 Å². The van der Waals surface area contributed by atoms with Crippen molar-refractivity contribution in [3.05, 3.63) is 59.8 Å². The van der Waals surface area contributed by atoms with Gasteiger partial charge in [-0.25, -0.2) is 9.59 Å². The van der Waals surface area contributed by atoms with Crippen molar-refractivity contribution >= 4 is 40.1 Å². The molecule has 0 radical (unpaired) electrons. The van der Waals surface area contributed by atoms with Gasteiger partial charge in [-0.3, -0.25) is 9.78 Å². The number of aromatic nitrogens is 1. The van der Waals surface area contributed by atoms with Crippen LogP contribution in [-0.4, -0.2) is 89.6 Å². The summed E-state index contributed by atoms with van der Waals surface area (Å²) in [5, 5.41) is 36.3. The number of ether oxygens (including phenoxy) is 4. The Morgan fingerprint density at radius 3 is 2.33 bits per heavy atom. The Hall–Kier alpha value is -4.30. The van der Waals surface area contributed by atoms with Gasteiger partial charge in [-0.05, 0) is 42.5 Å². The predicted octanol–water partition coefficient (Wildman–Crippen LogP) is 0.874. The second kappa shape index (κ2) is 12.3. The van der Waals surface area contributed by atoms with Gasteiger partial charge in [0, 0.05) is 24.2 Å². The van der Waals surface area contributed by atoms with Gasteiger partial charge in [-0.1, -0.05) is 0 Å². The Morgan fingerprint density at radius 2 is 1.70 bits per heavy atom. The first-order chi connectivity index (χ1) is 19.2. The van der Waals surface area contributed by atoms with E-state index in [9.17, 15) is 29.7 Å². The van der Waals surface area contributed by atoms with Gasteiger partial charge in [0.15, 0.2) is 0 Å². The number of aliphatic hydroxyl groups excluding tert-OH is 3. The lowest BCUT2D eigenvalue weighted by molar-refractivity contribution is -0.244. The van der Waals surface area contributed by atoms with Crippen LogP contribution in [0.2, 0.25) is 0 Å². The van der Waals surface area contributed by atoms with Crippen LogP contribution in [0.15, 0.2) is 48.7 Å². The van der Waals surface area contributed by atoms with Crippen molar-refractivity contribution < 1.29 is 48.7 Å². The van der Waals surface area contributed by atoms with Crippen molar-refractivity contribution in [1.82, 2.24) is 10.3 Å². The monoisotopic (exact) mass is 555 g/mol. The van der Waals surface area contributed by atoms with E-state index in [0.29, 0.717) is 22.3 Å². The highest BCUT2D eigenvalue weighted by Crippen LogP contribution is 2.32. The summed E-state index contributed by atoms with van der Waals surface area (Å²) in [4.78, 5) is 40.6. The maximum atomic E-state index is 12.5. The van der Waals surface area contributed by atoms with Gasteiger partial charge in [0.2, 0.25) is 12.2 Å². The molecule has 4 rings (SSSR count). The van der Waals surface area contributed by atoms with E-state index in [1.165, 1.54) is 27.3 Å². The molecule has 2 heterocycles. The molecule has 1 aliphatic heterocycles. The van der Waals surface area contributed by atoms with Crippen LogP contribution < -0.4 is 15.4 Å². The van der Waals surface area contributed by atoms with Gasteiger partial charge in [0.25, 0.3) is 0 Å². The molecule has 1 saturated heterocycles. The van der Waals surface area contributed by atoms with Gasteiger partial charge < -0.3 is 44.9 Å². The smallest absolute Gasteiger partial charge is 0.341 e. The summed E-state index contributed by atoms with van der Waals surface area (Å²) in [5.74, 6) is -1.39. The van der Waals surface area contributed by atoms with E-state index in [1.807, 2.05) is 0 Å². The van der Waals surface area contributed by atoms with E-state index in [1.54, 1.807) is 42.5 Å². The zero-order valence-corrected chi connectivity index (χ0v) is 21.9. The molecule has 13 nitrogen and oxygen atoms in total. The molecule has 2 aromatic carbocycles. The number of anilines is 2. The molecule has 1 fully saturated rings. The number of hydrogen-bond acceptors (Lipinski definition) is 12. The van der Waals surface area contributed by atoms with Crippen LogP contribution in [0, 0.1) is 0 Å². The number of carbonyl (C=O) groups excluding carboxylic acids is 3. The lowest BCUT2D eigenvalue weighted by atomic mass is 9.97. The van der Waals surface area contributed by atoms with Crippen molar-refractivity contribution in [3.8, 4) is 5.75 Å². The molecule has 0 aliphatic carbocycles. The lowest BCUT2D eigenvalue weighted by Crippen LogP contribution is -2.65. The summed E-state index contributed by atoms with van der Waals surface area (Å²) in [5.41, 5.74) is 1.79. The number of fused-ring (bicyclic) bond motifs is 1. The quantitative estimate of drug-likeness (QED) is 0.247. The number of rotatable bonds is 8. The fourth-order valence-electron chi connectivity index (χ4n) is 4.30. The average Bonchev–Trinajstić information content (AvgIpc) is 2.96. The minimum atomic E-state index is -1.45. The second-order valence-corrected chi connectivity index (χ2v) is 8.96. The molecule has 0 unspecified atom stereocenters. The van der Waals surface area contributed by atoms with E-state index >= 15 is 0 Å². The van der Waals surface area contributed by atoms with Gasteiger partial charge in [0.05, 0.1) is 37.6 Å². The van der Waals surface area contributed by atoms with E-state index in [-0.39, 0.29) is 16.9 Å². The number of carbonyl (C=O) groups is 3. The molecule has 1 aliphatic rings. The summed E-state index contributed by atoms with van der Waals surface area (Å²) in [6.45, 7) is 0.669. The van der Waals surface area contributed by atoms with Crippen LogP contribution in [0.5, 0.6) is 5.75 Å². The number of methoxy groups -OCH3 is 2. The topological polar surface area (TPSA) is 186 Å². The molecule has 1 amide bonds. The Bertz CT molecular complexity index is 1390. The molecular formula is C27H29N3O10. The molecule has 13 heteroatoms. The summed E-state index contributed by atoms with van der Waals surface area (Å²) >= 11 is 0. The number of nitrogens with zero attached hydrogens (tertiary/aromatic N) is 1. The van der Waals surface area contributed by atoms with Gasteiger partial charge in [-0.2, -0.15) is 0 Å². The average molecular weight is 556 g/mol. The summed E-state index contributed by atoms with van der Waals surface area (Å²) in [6.07, 6.45) is -3.87. The standard InChI is InChI=1S/C27H29N3O10/c1-13(32)29-22-24(34)23(33)20(12-31)40-27(22)39-16-7-5-15(6-8-16)30-21-17-10-14(25(35)37-2)4-9-19(17)28-11-18(21)26(36)38-3/h4-11,20,22-24,27,31,33-34H,12H2,1-3H3,(H,28,30)(H,29,32)/t20-,22-,23+,24+,27-/m1/s1. The van der Waals surface area contributed by atoms with E-state index in [2.05, 4.69) is 15.6 Å². The number of pyridine rings is 1. The molecule has 5 atom stereocenters. The molecule has 1 aromatic heterocycles. The van der Waals surface area contributed by atoms with Crippen molar-refractivity contribution in [1.29, 1.82) is 0 Å². The van der Waals surface area contributed by atoms with Gasteiger partial charge in [0.1, 0.15) is 35.7 Å². The number of nitrogens with one attached hydrogen (secondary N) is 2.